The van der Waals surface area contributed by atoms with Gasteiger partial charge in [0.2, 0.25) is 10.0 Å². The van der Waals surface area contributed by atoms with E-state index in [1.807, 2.05) is 6.07 Å². The van der Waals surface area contributed by atoms with E-state index in [1.165, 1.54) is 19.8 Å². The molecule has 0 amide bonds. The summed E-state index contributed by atoms with van der Waals surface area (Å²) < 4.78 is 27.6. The van der Waals surface area contributed by atoms with E-state index in [9.17, 15) is 8.42 Å². The lowest BCUT2D eigenvalue weighted by Crippen LogP contribution is -2.30. The summed E-state index contributed by atoms with van der Waals surface area (Å²) in [6, 6.07) is 5.11. The topological polar surface area (TPSA) is 116 Å². The average molecular weight is 466 g/mol. The third-order valence-electron chi connectivity index (χ3n) is 4.81. The van der Waals surface area contributed by atoms with Gasteiger partial charge in [-0.25, -0.2) is 23.1 Å². The fourth-order valence-corrected chi connectivity index (χ4v) is 4.58. The van der Waals surface area contributed by atoms with Crippen molar-refractivity contribution < 1.29 is 8.42 Å². The number of fused-ring (bicyclic) bond motifs is 1. The fourth-order valence-electron chi connectivity index (χ4n) is 3.36. The lowest BCUT2D eigenvalue weighted by Gasteiger charge is -2.31. The van der Waals surface area contributed by atoms with Crippen molar-refractivity contribution in [2.45, 2.75) is 24.2 Å². The van der Waals surface area contributed by atoms with E-state index in [0.29, 0.717) is 27.1 Å². The molecule has 4 rings (SSSR count). The Bertz CT molecular complexity index is 1110. The van der Waals surface area contributed by atoms with Gasteiger partial charge in [0.15, 0.2) is 5.65 Å². The van der Waals surface area contributed by atoms with Crippen molar-refractivity contribution in [3.8, 4) is 0 Å². The Morgan fingerprint density at radius 1 is 1.18 bits per heavy atom. The van der Waals surface area contributed by atoms with E-state index in [4.69, 9.17) is 0 Å². The number of halogens is 1. The van der Waals surface area contributed by atoms with Crippen LogP contribution < -0.4 is 14.9 Å². The summed E-state index contributed by atoms with van der Waals surface area (Å²) in [5.41, 5.74) is 2.20. The Labute approximate surface area is 171 Å². The summed E-state index contributed by atoms with van der Waals surface area (Å²) in [6.07, 6.45) is 4.87. The zero-order chi connectivity index (χ0) is 19.7. The predicted octanol–water partition coefficient (Wildman–Crippen LogP) is 2.76. The number of sulfonamides is 1. The molecule has 0 atom stereocenters. The van der Waals surface area contributed by atoms with Crippen LogP contribution in [0.1, 0.15) is 19.3 Å². The number of anilines is 3. The average Bonchev–Trinajstić information content (AvgIpc) is 3.10. The largest absolute Gasteiger partial charge is 0.370 e. The van der Waals surface area contributed by atoms with Crippen LogP contribution in [-0.4, -0.2) is 48.7 Å². The van der Waals surface area contributed by atoms with Crippen LogP contribution in [0.15, 0.2) is 34.0 Å². The van der Waals surface area contributed by atoms with E-state index >= 15 is 0 Å². The number of nitrogens with zero attached hydrogens (tertiary/aromatic N) is 4. The van der Waals surface area contributed by atoms with Crippen molar-refractivity contribution in [2.24, 2.45) is 0 Å². The Hall–Kier alpha value is -2.24. The maximum atomic E-state index is 12.3. The van der Waals surface area contributed by atoms with Crippen LogP contribution in [0.3, 0.4) is 0 Å². The van der Waals surface area contributed by atoms with Crippen molar-refractivity contribution in [2.75, 3.05) is 30.4 Å². The van der Waals surface area contributed by atoms with Crippen molar-refractivity contribution in [3.63, 3.8) is 0 Å². The Kier molecular flexibility index (Phi) is 5.21. The first-order chi connectivity index (χ1) is 13.5. The number of benzene rings is 1. The van der Waals surface area contributed by atoms with Crippen LogP contribution in [0.4, 0.5) is 17.2 Å². The maximum absolute atomic E-state index is 12.3. The molecule has 0 unspecified atom stereocenters. The first-order valence-electron chi connectivity index (χ1n) is 8.94. The number of H-pyrrole nitrogens is 1. The zero-order valence-corrected chi connectivity index (χ0v) is 17.6. The molecule has 0 bridgehead atoms. The second-order valence-corrected chi connectivity index (χ2v) is 9.16. The smallest absolute Gasteiger partial charge is 0.240 e. The molecule has 0 spiro atoms. The van der Waals surface area contributed by atoms with E-state index in [2.05, 4.69) is 51.0 Å². The fraction of sp³-hybridized carbons (Fsp3) is 0.353. The van der Waals surface area contributed by atoms with Crippen LogP contribution in [0, 0.1) is 0 Å². The molecule has 3 aromatic rings. The summed E-state index contributed by atoms with van der Waals surface area (Å²) >= 11 is 3.40. The number of nitrogens with one attached hydrogen (secondary N) is 3. The summed E-state index contributed by atoms with van der Waals surface area (Å²) in [5, 5.41) is 10.9. The van der Waals surface area contributed by atoms with Gasteiger partial charge in [0.25, 0.3) is 0 Å². The summed E-state index contributed by atoms with van der Waals surface area (Å²) in [4.78, 5) is 11.0. The Balaban J connectivity index is 1.82. The first kappa shape index (κ1) is 19.1. The van der Waals surface area contributed by atoms with E-state index in [0.717, 1.165) is 31.6 Å². The lowest BCUT2D eigenvalue weighted by molar-refractivity contribution is 0.577. The summed E-state index contributed by atoms with van der Waals surface area (Å²) in [7, 11) is -2.17. The quantitative estimate of drug-likeness (QED) is 0.530. The Morgan fingerprint density at radius 2 is 1.96 bits per heavy atom. The van der Waals surface area contributed by atoms with Crippen LogP contribution in [0.2, 0.25) is 0 Å². The molecule has 9 nitrogen and oxygen atoms in total. The lowest BCUT2D eigenvalue weighted by atomic mass is 10.1. The van der Waals surface area contributed by atoms with Crippen LogP contribution in [-0.2, 0) is 10.0 Å². The minimum Gasteiger partial charge on any atom is -0.370 e. The standard InChI is InChI=1S/C17H20BrN7O2S/c1-19-28(26,27)11-5-6-13(25-7-3-2-4-8-25)12(9-11)22-16-14-15(18)23-24-17(14)21-10-20-16/h5-6,9-10,19H,2-4,7-8H2,1H3,(H2,20,21,22,23,24). The van der Waals surface area contributed by atoms with E-state index in [-0.39, 0.29) is 4.90 Å². The van der Waals surface area contributed by atoms with Crippen molar-refractivity contribution in [1.82, 2.24) is 24.9 Å². The summed E-state index contributed by atoms with van der Waals surface area (Å²) in [5.74, 6) is 0.544. The minimum atomic E-state index is -3.57. The minimum absolute atomic E-state index is 0.190. The van der Waals surface area contributed by atoms with E-state index in [1.54, 1.807) is 12.1 Å². The van der Waals surface area contributed by atoms with E-state index < -0.39 is 10.0 Å². The third-order valence-corrected chi connectivity index (χ3v) is 6.80. The van der Waals surface area contributed by atoms with Crippen LogP contribution in [0.5, 0.6) is 0 Å². The molecule has 1 aliphatic rings. The second kappa shape index (κ2) is 7.64. The molecule has 2 aromatic heterocycles. The molecular weight excluding hydrogens is 446 g/mol. The maximum Gasteiger partial charge on any atom is 0.240 e. The van der Waals surface area contributed by atoms with Gasteiger partial charge in [0.1, 0.15) is 16.7 Å². The molecule has 1 saturated heterocycles. The normalized spacial score (nSPS) is 15.1. The number of aromatic nitrogens is 4. The van der Waals surface area contributed by atoms with Gasteiger partial charge in [-0.2, -0.15) is 5.10 Å². The number of hydrogen-bond acceptors (Lipinski definition) is 7. The molecule has 28 heavy (non-hydrogen) atoms. The molecule has 1 aromatic carbocycles. The number of hydrogen-bond donors (Lipinski definition) is 3. The highest BCUT2D eigenvalue weighted by Crippen LogP contribution is 2.35. The Morgan fingerprint density at radius 3 is 2.71 bits per heavy atom. The highest BCUT2D eigenvalue weighted by Gasteiger charge is 2.20. The molecule has 1 aliphatic heterocycles. The van der Waals surface area contributed by atoms with Gasteiger partial charge >= 0.3 is 0 Å². The first-order valence-corrected chi connectivity index (χ1v) is 11.2. The van der Waals surface area contributed by atoms with Crippen molar-refractivity contribution in [3.05, 3.63) is 29.1 Å². The highest BCUT2D eigenvalue weighted by atomic mass is 79.9. The SMILES string of the molecule is CNS(=O)(=O)c1ccc(N2CCCCC2)c(Nc2ncnc3[nH]nc(Br)c23)c1. The molecular formula is C17H20BrN7O2S. The number of rotatable bonds is 5. The van der Waals surface area contributed by atoms with Crippen LogP contribution >= 0.6 is 15.9 Å². The molecule has 11 heteroatoms. The third kappa shape index (κ3) is 3.56. The van der Waals surface area contributed by atoms with Gasteiger partial charge < -0.3 is 10.2 Å². The van der Waals surface area contributed by atoms with Crippen LogP contribution in [0.25, 0.3) is 11.0 Å². The van der Waals surface area contributed by atoms with Gasteiger partial charge in [0, 0.05) is 13.1 Å². The molecule has 1 fully saturated rings. The molecule has 0 saturated carbocycles. The molecule has 148 valence electrons. The molecule has 0 aliphatic carbocycles. The molecule has 3 heterocycles. The van der Waals surface area contributed by atoms with Gasteiger partial charge in [-0.05, 0) is 60.4 Å². The number of piperidine rings is 1. The predicted molar refractivity (Wildman–Crippen MR) is 111 cm³/mol. The molecule has 0 radical (unpaired) electrons. The van der Waals surface area contributed by atoms with Crippen molar-refractivity contribution in [1.29, 1.82) is 0 Å². The highest BCUT2D eigenvalue weighted by molar-refractivity contribution is 9.10. The van der Waals surface area contributed by atoms with Crippen molar-refractivity contribution >= 4 is 54.2 Å². The number of aromatic amines is 1. The van der Waals surface area contributed by atoms with Gasteiger partial charge in [-0.15, -0.1) is 0 Å². The summed E-state index contributed by atoms with van der Waals surface area (Å²) in [6.45, 7) is 1.86. The zero-order valence-electron chi connectivity index (χ0n) is 15.2. The molecule has 3 N–H and O–H groups in total. The monoisotopic (exact) mass is 465 g/mol. The van der Waals surface area contributed by atoms with Gasteiger partial charge in [-0.3, -0.25) is 5.10 Å². The second-order valence-electron chi connectivity index (χ2n) is 6.52. The van der Waals surface area contributed by atoms with Gasteiger partial charge in [0.05, 0.1) is 21.7 Å². The van der Waals surface area contributed by atoms with Gasteiger partial charge in [-0.1, -0.05) is 0 Å².